The summed E-state index contributed by atoms with van der Waals surface area (Å²) in [5.41, 5.74) is 7.26. The van der Waals surface area contributed by atoms with Crippen molar-refractivity contribution in [2.75, 3.05) is 0 Å². The smallest absolute Gasteiger partial charge is 0.133 e. The van der Waals surface area contributed by atoms with Gasteiger partial charge < -0.3 is 10.3 Å². The molecule has 0 fully saturated rings. The number of aromatic nitrogens is 4. The van der Waals surface area contributed by atoms with E-state index in [9.17, 15) is 0 Å². The molecule has 0 radical (unpaired) electrons. The molecule has 2 aromatic heterocycles. The first-order valence-corrected chi connectivity index (χ1v) is 13.2. The van der Waals surface area contributed by atoms with E-state index in [4.69, 9.17) is 4.98 Å². The second-order valence-electron chi connectivity index (χ2n) is 10.7. The second kappa shape index (κ2) is 10.0. The zero-order chi connectivity index (χ0) is 27.1. The number of benzene rings is 3. The molecule has 5 nitrogen and oxygen atoms in total. The van der Waals surface area contributed by atoms with Crippen molar-refractivity contribution in [1.29, 1.82) is 0 Å². The summed E-state index contributed by atoms with van der Waals surface area (Å²) in [7, 11) is 0. The molecule has 2 N–H and O–H groups in total. The van der Waals surface area contributed by atoms with Crippen LogP contribution in [0.4, 0.5) is 4.39 Å². The summed E-state index contributed by atoms with van der Waals surface area (Å²) in [6.07, 6.45) is 5.48. The van der Waals surface area contributed by atoms with Crippen molar-refractivity contribution in [3.63, 3.8) is 0 Å². The van der Waals surface area contributed by atoms with Gasteiger partial charge in [0.2, 0.25) is 0 Å². The molecule has 6 heteroatoms. The van der Waals surface area contributed by atoms with E-state index in [0.717, 1.165) is 60.9 Å². The molecule has 0 spiro atoms. The Hall–Kier alpha value is -4.06. The Labute approximate surface area is 222 Å². The number of H-pyrrole nitrogens is 1. The van der Waals surface area contributed by atoms with Crippen LogP contribution in [0, 0.1) is 11.7 Å². The van der Waals surface area contributed by atoms with Crippen LogP contribution in [0.5, 0.6) is 0 Å². The molecule has 2 heterocycles. The summed E-state index contributed by atoms with van der Waals surface area (Å²) in [6.45, 7) is 14.6. The highest BCUT2D eigenvalue weighted by Crippen LogP contribution is 2.36. The Kier molecular flexibility index (Phi) is 6.74. The monoisotopic (exact) mass is 507 g/mol. The molecule has 0 aliphatic heterocycles. The lowest BCUT2D eigenvalue weighted by Gasteiger charge is -2.20. The van der Waals surface area contributed by atoms with Crippen LogP contribution in [-0.4, -0.2) is 20.2 Å². The number of rotatable bonds is 6. The molecule has 0 saturated carbocycles. The van der Waals surface area contributed by atoms with Crippen molar-refractivity contribution < 1.29 is 4.39 Å². The molecule has 3 aromatic carbocycles. The zero-order valence-electron chi connectivity index (χ0n) is 23.1. The lowest BCUT2D eigenvalue weighted by Crippen LogP contribution is -2.18. The fourth-order valence-electron chi connectivity index (χ4n) is 5.14. The summed E-state index contributed by atoms with van der Waals surface area (Å²) < 4.78 is 15.6. The average Bonchev–Trinajstić information content (AvgIpc) is 3.35. The first-order valence-electron chi connectivity index (χ1n) is 13.2. The van der Waals surface area contributed by atoms with Gasteiger partial charge in [0.15, 0.2) is 0 Å². The number of nitrogens with zero attached hydrogens (tertiary/aromatic N) is 3. The summed E-state index contributed by atoms with van der Waals surface area (Å²) in [6, 6.07) is 11.7. The van der Waals surface area contributed by atoms with Crippen LogP contribution < -0.4 is 5.32 Å². The Bertz CT molecular complexity index is 1740. The van der Waals surface area contributed by atoms with E-state index >= 15 is 4.39 Å². The third-order valence-corrected chi connectivity index (χ3v) is 7.10. The van der Waals surface area contributed by atoms with Gasteiger partial charge in [-0.15, -0.1) is 0 Å². The molecular weight excluding hydrogens is 473 g/mol. The Balaban J connectivity index is 1.62. The van der Waals surface area contributed by atoms with Crippen LogP contribution in [0.15, 0.2) is 66.1 Å². The van der Waals surface area contributed by atoms with Gasteiger partial charge in [-0.2, -0.15) is 10.2 Å². The highest BCUT2D eigenvalue weighted by atomic mass is 19.1. The maximum Gasteiger partial charge on any atom is 0.133 e. The maximum atomic E-state index is 15.6. The maximum absolute atomic E-state index is 15.6. The molecule has 0 saturated heterocycles. The minimum atomic E-state index is -0.263. The predicted molar refractivity (Wildman–Crippen MR) is 156 cm³/mol. The van der Waals surface area contributed by atoms with Crippen LogP contribution in [-0.2, 0) is 0 Å². The molecular formula is C32H34FN5. The lowest BCUT2D eigenvalue weighted by molar-refractivity contribution is 0.621. The van der Waals surface area contributed by atoms with Gasteiger partial charge in [0.25, 0.3) is 0 Å². The number of aromatic amines is 1. The molecule has 0 aliphatic carbocycles. The van der Waals surface area contributed by atoms with Crippen LogP contribution in [0.3, 0.4) is 0 Å². The van der Waals surface area contributed by atoms with Crippen molar-refractivity contribution in [2.45, 2.75) is 54.4 Å². The lowest BCUT2D eigenvalue weighted by atomic mass is 9.96. The summed E-state index contributed by atoms with van der Waals surface area (Å²) >= 11 is 0. The standard InChI is InChI=1S/C32H34FN5/c1-8-28(36-29(17(2)3)18(4)5)23-12-10-21(14-27(23)33)20-9-11-22-24(13-20)25-15-34-35-16-26(25)31-30(22)37-32(38-31)19(6)7/h8-17,19,36H,1-7H3,(H,37,38)/b28-8-. The van der Waals surface area contributed by atoms with E-state index in [1.807, 2.05) is 31.2 Å². The van der Waals surface area contributed by atoms with Gasteiger partial charge in [-0.05, 0) is 61.4 Å². The fraction of sp³-hybridized carbons (Fsp3) is 0.281. The Morgan fingerprint density at radius 3 is 2.21 bits per heavy atom. The molecule has 0 unspecified atom stereocenters. The fourth-order valence-corrected chi connectivity index (χ4v) is 5.14. The number of fused-ring (bicyclic) bond motifs is 6. The van der Waals surface area contributed by atoms with Crippen molar-refractivity contribution in [1.82, 2.24) is 25.5 Å². The van der Waals surface area contributed by atoms with E-state index in [2.05, 4.69) is 74.2 Å². The van der Waals surface area contributed by atoms with E-state index in [1.54, 1.807) is 18.5 Å². The van der Waals surface area contributed by atoms with Crippen LogP contribution >= 0.6 is 0 Å². The van der Waals surface area contributed by atoms with Crippen molar-refractivity contribution in [3.05, 3.63) is 83.3 Å². The highest BCUT2D eigenvalue weighted by Gasteiger charge is 2.17. The van der Waals surface area contributed by atoms with Gasteiger partial charge in [-0.25, -0.2) is 9.37 Å². The van der Waals surface area contributed by atoms with Gasteiger partial charge >= 0.3 is 0 Å². The quantitative estimate of drug-likeness (QED) is 0.226. The zero-order valence-corrected chi connectivity index (χ0v) is 23.1. The van der Waals surface area contributed by atoms with Gasteiger partial charge in [0, 0.05) is 39.0 Å². The number of hydrogen-bond acceptors (Lipinski definition) is 4. The second-order valence-corrected chi connectivity index (χ2v) is 10.7. The Morgan fingerprint density at radius 1 is 0.895 bits per heavy atom. The molecule has 0 atom stereocenters. The van der Waals surface area contributed by atoms with Gasteiger partial charge in [-0.3, -0.25) is 0 Å². The van der Waals surface area contributed by atoms with Crippen molar-refractivity contribution in [3.8, 4) is 11.1 Å². The summed E-state index contributed by atoms with van der Waals surface area (Å²) in [5, 5.41) is 15.8. The summed E-state index contributed by atoms with van der Waals surface area (Å²) in [5.74, 6) is 1.26. The number of halogens is 1. The van der Waals surface area contributed by atoms with E-state index in [0.29, 0.717) is 11.5 Å². The van der Waals surface area contributed by atoms with Crippen molar-refractivity contribution >= 4 is 38.3 Å². The first-order chi connectivity index (χ1) is 18.2. The number of hydrogen-bond donors (Lipinski definition) is 2. The largest absolute Gasteiger partial charge is 0.358 e. The predicted octanol–water partition coefficient (Wildman–Crippen LogP) is 8.49. The normalized spacial score (nSPS) is 12.3. The van der Waals surface area contributed by atoms with Crippen molar-refractivity contribution in [2.24, 2.45) is 5.92 Å². The highest BCUT2D eigenvalue weighted by molar-refractivity contribution is 6.23. The van der Waals surface area contributed by atoms with E-state index in [1.165, 1.54) is 5.57 Å². The van der Waals surface area contributed by atoms with Gasteiger partial charge in [-0.1, -0.05) is 57.5 Å². The molecule has 0 bridgehead atoms. The third-order valence-electron chi connectivity index (χ3n) is 7.10. The van der Waals surface area contributed by atoms with Crippen LogP contribution in [0.25, 0.3) is 49.4 Å². The topological polar surface area (TPSA) is 66.5 Å². The molecule has 5 aromatic rings. The summed E-state index contributed by atoms with van der Waals surface area (Å²) in [4.78, 5) is 8.39. The minimum absolute atomic E-state index is 0.263. The molecule has 194 valence electrons. The Morgan fingerprint density at radius 2 is 1.58 bits per heavy atom. The van der Waals surface area contributed by atoms with Crippen LogP contribution in [0.2, 0.25) is 0 Å². The molecule has 5 rings (SSSR count). The third kappa shape index (κ3) is 4.44. The van der Waals surface area contributed by atoms with Crippen LogP contribution in [0.1, 0.15) is 65.8 Å². The van der Waals surface area contributed by atoms with Gasteiger partial charge in [0.05, 0.1) is 23.4 Å². The number of allylic oxidation sites excluding steroid dienone is 3. The van der Waals surface area contributed by atoms with E-state index in [-0.39, 0.29) is 11.7 Å². The number of nitrogens with one attached hydrogen (secondary N) is 2. The molecule has 38 heavy (non-hydrogen) atoms. The first kappa shape index (κ1) is 25.6. The van der Waals surface area contributed by atoms with Gasteiger partial charge in [0.1, 0.15) is 11.6 Å². The number of imidazole rings is 1. The minimum Gasteiger partial charge on any atom is -0.358 e. The SMILES string of the molecule is C/C=C(\NC(=C(C)C)C(C)C)c1ccc(-c2ccc3c(c2)c2cnncc2c2nc(C(C)C)[nH]c32)cc1F. The van der Waals surface area contributed by atoms with E-state index < -0.39 is 0 Å². The molecule has 0 amide bonds. The average molecular weight is 508 g/mol. The molecule has 0 aliphatic rings.